The van der Waals surface area contributed by atoms with Crippen LogP contribution in [0.3, 0.4) is 0 Å². The van der Waals surface area contributed by atoms with Crippen molar-refractivity contribution < 1.29 is 5.11 Å². The third-order valence-electron chi connectivity index (χ3n) is 3.74. The fourth-order valence-corrected chi connectivity index (χ4v) is 2.69. The van der Waals surface area contributed by atoms with E-state index in [4.69, 9.17) is 0 Å². The lowest BCUT2D eigenvalue weighted by Gasteiger charge is -2.10. The van der Waals surface area contributed by atoms with Gasteiger partial charge in [-0.3, -0.25) is 0 Å². The molecule has 0 aromatic heterocycles. The van der Waals surface area contributed by atoms with Gasteiger partial charge in [-0.05, 0) is 45.5 Å². The van der Waals surface area contributed by atoms with Crippen LogP contribution in [-0.2, 0) is 13.0 Å². The van der Waals surface area contributed by atoms with Gasteiger partial charge in [-0.2, -0.15) is 0 Å². The SMILES string of the molecule is CCc1cc(CO)cc(-c2cccc3ccccc23)c1. The molecule has 0 bridgehead atoms. The predicted molar refractivity (Wildman–Crippen MR) is 84.7 cm³/mol. The van der Waals surface area contributed by atoms with Gasteiger partial charge < -0.3 is 5.11 Å². The highest BCUT2D eigenvalue weighted by Crippen LogP contribution is 2.30. The smallest absolute Gasteiger partial charge is 0.0682 e. The molecule has 0 unspecified atom stereocenters. The standard InChI is InChI=1S/C19H18O/c1-2-14-10-15(13-20)12-17(11-14)19-9-5-7-16-6-3-4-8-18(16)19/h3-12,20H,2,13H2,1H3. The summed E-state index contributed by atoms with van der Waals surface area (Å²) in [5.74, 6) is 0. The maximum atomic E-state index is 9.44. The predicted octanol–water partition coefficient (Wildman–Crippen LogP) is 4.56. The molecule has 0 aliphatic carbocycles. The van der Waals surface area contributed by atoms with Crippen LogP contribution < -0.4 is 0 Å². The summed E-state index contributed by atoms with van der Waals surface area (Å²) in [5, 5.41) is 11.9. The van der Waals surface area contributed by atoms with Crippen molar-refractivity contribution in [3.8, 4) is 11.1 Å². The largest absolute Gasteiger partial charge is 0.392 e. The number of hydrogen-bond acceptors (Lipinski definition) is 1. The first-order valence-electron chi connectivity index (χ1n) is 7.03. The average Bonchev–Trinajstić information content (AvgIpc) is 2.53. The molecular formula is C19H18O. The number of hydrogen-bond donors (Lipinski definition) is 1. The zero-order valence-electron chi connectivity index (χ0n) is 11.6. The Morgan fingerprint density at radius 2 is 1.60 bits per heavy atom. The number of fused-ring (bicyclic) bond motifs is 1. The van der Waals surface area contributed by atoms with Crippen molar-refractivity contribution in [2.24, 2.45) is 0 Å². The van der Waals surface area contributed by atoms with Gasteiger partial charge >= 0.3 is 0 Å². The molecule has 100 valence electrons. The summed E-state index contributed by atoms with van der Waals surface area (Å²) in [6, 6.07) is 21.2. The molecule has 20 heavy (non-hydrogen) atoms. The van der Waals surface area contributed by atoms with Gasteiger partial charge in [-0.1, -0.05) is 61.5 Å². The summed E-state index contributed by atoms with van der Waals surface area (Å²) in [6.07, 6.45) is 0.978. The molecule has 0 spiro atoms. The van der Waals surface area contributed by atoms with Crippen LogP contribution in [0, 0.1) is 0 Å². The molecule has 1 nitrogen and oxygen atoms in total. The second-order valence-corrected chi connectivity index (χ2v) is 5.08. The molecule has 1 heteroatoms. The minimum atomic E-state index is 0.0889. The van der Waals surface area contributed by atoms with E-state index in [1.54, 1.807) is 0 Å². The highest BCUT2D eigenvalue weighted by atomic mass is 16.3. The second kappa shape index (κ2) is 5.48. The Hall–Kier alpha value is -2.12. The molecule has 0 amide bonds. The third-order valence-corrected chi connectivity index (χ3v) is 3.74. The highest BCUT2D eigenvalue weighted by Gasteiger charge is 2.06. The Bertz CT molecular complexity index is 716. The molecule has 0 heterocycles. The number of rotatable bonds is 3. The Kier molecular flexibility index (Phi) is 3.53. The van der Waals surface area contributed by atoms with Gasteiger partial charge in [0.25, 0.3) is 0 Å². The number of aliphatic hydroxyl groups excluding tert-OH is 1. The van der Waals surface area contributed by atoms with Gasteiger partial charge in [0.2, 0.25) is 0 Å². The van der Waals surface area contributed by atoms with E-state index in [9.17, 15) is 5.11 Å². The normalized spacial score (nSPS) is 10.9. The maximum absolute atomic E-state index is 9.44. The fraction of sp³-hybridized carbons (Fsp3) is 0.158. The molecular weight excluding hydrogens is 244 g/mol. The minimum Gasteiger partial charge on any atom is -0.392 e. The Morgan fingerprint density at radius 3 is 2.40 bits per heavy atom. The van der Waals surface area contributed by atoms with Crippen LogP contribution >= 0.6 is 0 Å². The van der Waals surface area contributed by atoms with E-state index in [1.165, 1.54) is 27.5 Å². The van der Waals surface area contributed by atoms with E-state index < -0.39 is 0 Å². The van der Waals surface area contributed by atoms with E-state index in [1.807, 2.05) is 0 Å². The average molecular weight is 262 g/mol. The summed E-state index contributed by atoms with van der Waals surface area (Å²) in [6.45, 7) is 2.23. The van der Waals surface area contributed by atoms with E-state index in [-0.39, 0.29) is 6.61 Å². The molecule has 1 N–H and O–H groups in total. The van der Waals surface area contributed by atoms with E-state index in [0.29, 0.717) is 0 Å². The maximum Gasteiger partial charge on any atom is 0.0682 e. The van der Waals surface area contributed by atoms with Gasteiger partial charge in [0.05, 0.1) is 6.61 Å². The van der Waals surface area contributed by atoms with Crippen molar-refractivity contribution in [1.82, 2.24) is 0 Å². The molecule has 3 aromatic carbocycles. The van der Waals surface area contributed by atoms with Crippen molar-refractivity contribution in [2.45, 2.75) is 20.0 Å². The summed E-state index contributed by atoms with van der Waals surface area (Å²) in [5.41, 5.74) is 4.66. The first-order chi connectivity index (χ1) is 9.81. The first-order valence-corrected chi connectivity index (χ1v) is 7.03. The van der Waals surface area contributed by atoms with Crippen molar-refractivity contribution in [3.63, 3.8) is 0 Å². The lowest BCUT2D eigenvalue weighted by molar-refractivity contribution is 0.282. The van der Waals surface area contributed by atoms with E-state index >= 15 is 0 Å². The minimum absolute atomic E-state index is 0.0889. The van der Waals surface area contributed by atoms with Crippen molar-refractivity contribution in [1.29, 1.82) is 0 Å². The van der Waals surface area contributed by atoms with Crippen LogP contribution in [-0.4, -0.2) is 5.11 Å². The molecule has 0 radical (unpaired) electrons. The van der Waals surface area contributed by atoms with E-state index in [2.05, 4.69) is 67.6 Å². The van der Waals surface area contributed by atoms with Crippen LogP contribution in [0.4, 0.5) is 0 Å². The molecule has 3 aromatic rings. The monoisotopic (exact) mass is 262 g/mol. The third kappa shape index (κ3) is 2.33. The Balaban J connectivity index is 2.25. The summed E-state index contributed by atoms with van der Waals surface area (Å²) >= 11 is 0. The van der Waals surface area contributed by atoms with Crippen molar-refractivity contribution in [2.75, 3.05) is 0 Å². The number of aliphatic hydroxyl groups is 1. The van der Waals surface area contributed by atoms with Crippen LogP contribution in [0.1, 0.15) is 18.1 Å². The zero-order valence-corrected chi connectivity index (χ0v) is 11.6. The number of benzene rings is 3. The topological polar surface area (TPSA) is 20.2 Å². The molecule has 3 rings (SSSR count). The second-order valence-electron chi connectivity index (χ2n) is 5.08. The van der Waals surface area contributed by atoms with Crippen LogP contribution in [0.15, 0.2) is 60.7 Å². The quantitative estimate of drug-likeness (QED) is 0.733. The molecule has 0 aliphatic heterocycles. The molecule has 0 aliphatic rings. The van der Waals surface area contributed by atoms with Gasteiger partial charge in [0.15, 0.2) is 0 Å². The lowest BCUT2D eigenvalue weighted by Crippen LogP contribution is -1.90. The Morgan fingerprint density at radius 1 is 0.850 bits per heavy atom. The van der Waals surface area contributed by atoms with Crippen molar-refractivity contribution in [3.05, 3.63) is 71.8 Å². The van der Waals surface area contributed by atoms with Crippen molar-refractivity contribution >= 4 is 10.8 Å². The first kappa shape index (κ1) is 12.9. The van der Waals surface area contributed by atoms with Gasteiger partial charge in [0, 0.05) is 0 Å². The highest BCUT2D eigenvalue weighted by molar-refractivity contribution is 5.96. The van der Waals surface area contributed by atoms with Gasteiger partial charge in [-0.15, -0.1) is 0 Å². The summed E-state index contributed by atoms with van der Waals surface area (Å²) < 4.78 is 0. The van der Waals surface area contributed by atoms with E-state index in [0.717, 1.165) is 12.0 Å². The van der Waals surface area contributed by atoms with Crippen LogP contribution in [0.5, 0.6) is 0 Å². The lowest BCUT2D eigenvalue weighted by atomic mass is 9.95. The summed E-state index contributed by atoms with van der Waals surface area (Å²) in [4.78, 5) is 0. The van der Waals surface area contributed by atoms with Crippen LogP contribution in [0.25, 0.3) is 21.9 Å². The van der Waals surface area contributed by atoms with Crippen LogP contribution in [0.2, 0.25) is 0 Å². The summed E-state index contributed by atoms with van der Waals surface area (Å²) in [7, 11) is 0. The number of aryl methyl sites for hydroxylation is 1. The zero-order chi connectivity index (χ0) is 13.9. The van der Waals surface area contributed by atoms with Gasteiger partial charge in [-0.25, -0.2) is 0 Å². The molecule has 0 atom stereocenters. The molecule has 0 saturated heterocycles. The van der Waals surface area contributed by atoms with Gasteiger partial charge in [0.1, 0.15) is 0 Å². The fourth-order valence-electron chi connectivity index (χ4n) is 2.69. The molecule has 0 fully saturated rings. The Labute approximate surface area is 119 Å². The molecule has 0 saturated carbocycles.